The average molecular weight is 346 g/mol. The summed E-state index contributed by atoms with van der Waals surface area (Å²) in [7, 11) is -4.67. The fourth-order valence-electron chi connectivity index (χ4n) is 2.64. The van der Waals surface area contributed by atoms with E-state index in [0.717, 1.165) is 31.7 Å². The second-order valence-corrected chi connectivity index (χ2v) is 7.41. The minimum Gasteiger partial charge on any atom is -0.383 e. The summed E-state index contributed by atoms with van der Waals surface area (Å²) in [5.41, 5.74) is 0.0847. The molecule has 2 rings (SSSR count). The number of alkyl halides is 2. The standard InChI is InChI=1S/C15H20F2N2O3S/c16-15(17)23(21,22)13-8-4-3-7-12(13)18-10-9-14(20)19-11-5-1-2-6-11/h3-4,7-8,11,15,18H,1-2,5-6,9-10H2,(H,19,20). The first-order chi connectivity index (χ1) is 10.9. The molecule has 1 saturated carbocycles. The van der Waals surface area contributed by atoms with Crippen LogP contribution in [0.25, 0.3) is 0 Å². The van der Waals surface area contributed by atoms with E-state index >= 15 is 0 Å². The van der Waals surface area contributed by atoms with Gasteiger partial charge in [-0.25, -0.2) is 8.42 Å². The molecule has 1 aromatic rings. The highest BCUT2D eigenvalue weighted by Gasteiger charge is 2.28. The van der Waals surface area contributed by atoms with Crippen molar-refractivity contribution in [3.05, 3.63) is 24.3 Å². The first-order valence-electron chi connectivity index (χ1n) is 7.55. The van der Waals surface area contributed by atoms with Gasteiger partial charge in [-0.15, -0.1) is 0 Å². The molecule has 0 aliphatic heterocycles. The Kier molecular flexibility index (Phi) is 5.92. The molecule has 1 aliphatic carbocycles. The number of halogens is 2. The number of para-hydroxylation sites is 1. The van der Waals surface area contributed by atoms with Gasteiger partial charge in [0.15, 0.2) is 0 Å². The molecule has 128 valence electrons. The monoisotopic (exact) mass is 346 g/mol. The molecule has 8 heteroatoms. The number of anilines is 1. The zero-order chi connectivity index (χ0) is 16.9. The van der Waals surface area contributed by atoms with E-state index in [0.29, 0.717) is 0 Å². The van der Waals surface area contributed by atoms with E-state index in [2.05, 4.69) is 10.6 Å². The van der Waals surface area contributed by atoms with Gasteiger partial charge in [-0.1, -0.05) is 25.0 Å². The third-order valence-corrected chi connectivity index (χ3v) is 5.25. The highest BCUT2D eigenvalue weighted by Crippen LogP contribution is 2.26. The van der Waals surface area contributed by atoms with Gasteiger partial charge < -0.3 is 10.6 Å². The molecular weight excluding hydrogens is 326 g/mol. The molecule has 23 heavy (non-hydrogen) atoms. The molecule has 0 radical (unpaired) electrons. The largest absolute Gasteiger partial charge is 0.383 e. The molecule has 1 fully saturated rings. The van der Waals surface area contributed by atoms with Crippen LogP contribution in [0.5, 0.6) is 0 Å². The minimum absolute atomic E-state index is 0.0847. The predicted octanol–water partition coefficient (Wildman–Crippen LogP) is 2.54. The zero-order valence-electron chi connectivity index (χ0n) is 12.6. The topological polar surface area (TPSA) is 75.3 Å². The van der Waals surface area contributed by atoms with E-state index in [-0.39, 0.29) is 30.6 Å². The van der Waals surface area contributed by atoms with Crippen molar-refractivity contribution in [3.8, 4) is 0 Å². The Labute approximate surface area is 134 Å². The summed E-state index contributed by atoms with van der Waals surface area (Å²) in [6.07, 6.45) is 4.34. The smallest absolute Gasteiger partial charge is 0.341 e. The number of hydrogen-bond acceptors (Lipinski definition) is 4. The van der Waals surface area contributed by atoms with Crippen molar-refractivity contribution in [2.45, 2.75) is 48.8 Å². The van der Waals surface area contributed by atoms with Crippen LogP contribution in [-0.4, -0.2) is 32.7 Å². The lowest BCUT2D eigenvalue weighted by atomic mass is 10.2. The van der Waals surface area contributed by atoms with Crippen LogP contribution in [0, 0.1) is 0 Å². The van der Waals surface area contributed by atoms with Crippen LogP contribution in [-0.2, 0) is 14.6 Å². The quantitative estimate of drug-likeness (QED) is 0.796. The Hall–Kier alpha value is -1.70. The maximum Gasteiger partial charge on any atom is 0.341 e. The van der Waals surface area contributed by atoms with Gasteiger partial charge >= 0.3 is 5.76 Å². The van der Waals surface area contributed by atoms with Gasteiger partial charge in [0, 0.05) is 19.0 Å². The molecule has 5 nitrogen and oxygen atoms in total. The summed E-state index contributed by atoms with van der Waals surface area (Å²) in [6.45, 7) is 0.175. The second-order valence-electron chi connectivity index (χ2n) is 5.53. The lowest BCUT2D eigenvalue weighted by Crippen LogP contribution is -2.33. The number of carbonyl (C=O) groups excluding carboxylic acids is 1. The van der Waals surface area contributed by atoms with Crippen molar-refractivity contribution in [1.29, 1.82) is 0 Å². The Morgan fingerprint density at radius 3 is 2.52 bits per heavy atom. The Morgan fingerprint density at radius 1 is 1.22 bits per heavy atom. The molecule has 0 unspecified atom stereocenters. The van der Waals surface area contributed by atoms with Crippen LogP contribution < -0.4 is 10.6 Å². The van der Waals surface area contributed by atoms with E-state index < -0.39 is 20.5 Å². The van der Waals surface area contributed by atoms with Gasteiger partial charge in [-0.3, -0.25) is 4.79 Å². The number of benzene rings is 1. The lowest BCUT2D eigenvalue weighted by Gasteiger charge is -2.14. The average Bonchev–Trinajstić information content (AvgIpc) is 3.00. The molecule has 0 heterocycles. The first kappa shape index (κ1) is 17.7. The van der Waals surface area contributed by atoms with Gasteiger partial charge in [-0.05, 0) is 25.0 Å². The summed E-state index contributed by atoms with van der Waals surface area (Å²) < 4.78 is 48.6. The van der Waals surface area contributed by atoms with E-state index in [9.17, 15) is 22.0 Å². The van der Waals surface area contributed by atoms with Crippen LogP contribution in [0.15, 0.2) is 29.2 Å². The third-order valence-electron chi connectivity index (χ3n) is 3.82. The van der Waals surface area contributed by atoms with Crippen LogP contribution in [0.1, 0.15) is 32.1 Å². The molecule has 0 spiro atoms. The summed E-state index contributed by atoms with van der Waals surface area (Å²) >= 11 is 0. The highest BCUT2D eigenvalue weighted by atomic mass is 32.2. The Morgan fingerprint density at radius 2 is 1.87 bits per heavy atom. The molecule has 1 aliphatic rings. The number of sulfone groups is 1. The van der Waals surface area contributed by atoms with Crippen LogP contribution in [0.4, 0.5) is 14.5 Å². The number of rotatable bonds is 7. The summed E-state index contributed by atoms with van der Waals surface area (Å²) in [6, 6.07) is 5.68. The van der Waals surface area contributed by atoms with Gasteiger partial charge in [0.25, 0.3) is 0 Å². The number of nitrogens with one attached hydrogen (secondary N) is 2. The minimum atomic E-state index is -4.67. The Balaban J connectivity index is 1.92. The summed E-state index contributed by atoms with van der Waals surface area (Å²) in [4.78, 5) is 11.3. The molecule has 0 saturated heterocycles. The molecule has 1 aromatic carbocycles. The van der Waals surface area contributed by atoms with E-state index in [4.69, 9.17) is 0 Å². The third kappa shape index (κ3) is 4.63. The van der Waals surface area contributed by atoms with Crippen molar-refractivity contribution in [2.75, 3.05) is 11.9 Å². The van der Waals surface area contributed by atoms with Gasteiger partial charge in [0.1, 0.15) is 0 Å². The SMILES string of the molecule is O=C(CCNc1ccccc1S(=O)(=O)C(F)F)NC1CCCC1. The molecule has 1 amide bonds. The lowest BCUT2D eigenvalue weighted by molar-refractivity contribution is -0.121. The van der Waals surface area contributed by atoms with Crippen LogP contribution in [0.3, 0.4) is 0 Å². The van der Waals surface area contributed by atoms with Crippen molar-refractivity contribution in [3.63, 3.8) is 0 Å². The number of carbonyl (C=O) groups is 1. The van der Waals surface area contributed by atoms with Crippen molar-refractivity contribution in [1.82, 2.24) is 5.32 Å². The van der Waals surface area contributed by atoms with E-state index in [1.807, 2.05) is 0 Å². The predicted molar refractivity (Wildman–Crippen MR) is 83.1 cm³/mol. The zero-order valence-corrected chi connectivity index (χ0v) is 13.4. The molecule has 2 N–H and O–H groups in total. The normalized spacial score (nSPS) is 15.8. The van der Waals surface area contributed by atoms with Gasteiger partial charge in [-0.2, -0.15) is 8.78 Å². The Bertz CT molecular complexity index is 644. The van der Waals surface area contributed by atoms with Crippen molar-refractivity contribution < 1.29 is 22.0 Å². The van der Waals surface area contributed by atoms with Crippen molar-refractivity contribution >= 4 is 21.4 Å². The fraction of sp³-hybridized carbons (Fsp3) is 0.533. The first-order valence-corrected chi connectivity index (χ1v) is 9.10. The van der Waals surface area contributed by atoms with Gasteiger partial charge in [0.2, 0.25) is 15.7 Å². The van der Waals surface area contributed by atoms with Crippen molar-refractivity contribution in [2.24, 2.45) is 0 Å². The van der Waals surface area contributed by atoms with Crippen LogP contribution in [0.2, 0.25) is 0 Å². The fourth-order valence-corrected chi connectivity index (χ4v) is 3.54. The maximum atomic E-state index is 12.7. The second kappa shape index (κ2) is 7.72. The number of amides is 1. The molecule has 0 bridgehead atoms. The number of hydrogen-bond donors (Lipinski definition) is 2. The summed E-state index contributed by atoms with van der Waals surface area (Å²) in [5.74, 6) is -3.60. The summed E-state index contributed by atoms with van der Waals surface area (Å²) in [5, 5.41) is 5.67. The van der Waals surface area contributed by atoms with Gasteiger partial charge in [0.05, 0.1) is 10.6 Å². The van der Waals surface area contributed by atoms with Crippen LogP contribution >= 0.6 is 0 Å². The highest BCUT2D eigenvalue weighted by molar-refractivity contribution is 7.91. The van der Waals surface area contributed by atoms with E-state index in [1.165, 1.54) is 12.1 Å². The van der Waals surface area contributed by atoms with E-state index in [1.54, 1.807) is 6.07 Å². The maximum absolute atomic E-state index is 12.7. The molecule has 0 aromatic heterocycles. The molecular formula is C15H20F2N2O3S. The molecule has 0 atom stereocenters.